The summed E-state index contributed by atoms with van der Waals surface area (Å²) < 4.78 is 5.38. The first kappa shape index (κ1) is 17.9. The third-order valence-electron chi connectivity index (χ3n) is 4.18. The number of aryl methyl sites for hydroxylation is 1. The minimum absolute atomic E-state index is 0.0338. The molecule has 2 heterocycles. The van der Waals surface area contributed by atoms with Crippen LogP contribution in [0.15, 0.2) is 64.8 Å². The molecule has 0 spiro atoms. The summed E-state index contributed by atoms with van der Waals surface area (Å²) in [6.07, 6.45) is 0. The lowest BCUT2D eigenvalue weighted by molar-refractivity contribution is 0.0470. The van der Waals surface area contributed by atoms with E-state index in [4.69, 9.17) is 4.74 Å². The Kier molecular flexibility index (Phi) is 4.90. The summed E-state index contributed by atoms with van der Waals surface area (Å²) in [5, 5.41) is 6.42. The van der Waals surface area contributed by atoms with Gasteiger partial charge >= 0.3 is 5.97 Å². The fourth-order valence-corrected chi connectivity index (χ4v) is 3.50. The average molecular weight is 391 g/mol. The summed E-state index contributed by atoms with van der Waals surface area (Å²) in [6.45, 7) is 2.06. The van der Waals surface area contributed by atoms with Gasteiger partial charge in [-0.3, -0.25) is 4.79 Å². The molecule has 0 aliphatic rings. The van der Waals surface area contributed by atoms with Crippen LogP contribution in [0, 0.1) is 6.92 Å². The van der Waals surface area contributed by atoms with Crippen LogP contribution in [-0.2, 0) is 11.3 Å². The Morgan fingerprint density at radius 3 is 2.79 bits per heavy atom. The van der Waals surface area contributed by atoms with Crippen molar-refractivity contribution in [1.29, 1.82) is 0 Å². The maximum atomic E-state index is 12.5. The molecule has 0 fully saturated rings. The molecule has 4 aromatic rings. The van der Waals surface area contributed by atoms with Gasteiger partial charge in [-0.15, -0.1) is 11.3 Å². The molecule has 140 valence electrons. The van der Waals surface area contributed by atoms with Gasteiger partial charge in [-0.2, -0.15) is 0 Å². The van der Waals surface area contributed by atoms with Crippen molar-refractivity contribution in [2.24, 2.45) is 0 Å². The van der Waals surface area contributed by atoms with Gasteiger partial charge in [-0.1, -0.05) is 35.9 Å². The lowest BCUT2D eigenvalue weighted by atomic mass is 10.1. The van der Waals surface area contributed by atoms with E-state index in [1.807, 2.05) is 36.6 Å². The number of rotatable bonds is 5. The number of hydrogen-bond donors (Lipinski definition) is 2. The Balaban J connectivity index is 1.45. The minimum atomic E-state index is -0.552. The van der Waals surface area contributed by atoms with Gasteiger partial charge in [0.15, 0.2) is 5.13 Å². The van der Waals surface area contributed by atoms with Crippen molar-refractivity contribution < 1.29 is 9.53 Å². The van der Waals surface area contributed by atoms with Crippen LogP contribution in [-0.4, -0.2) is 15.9 Å². The standard InChI is InChI=1S/C21H17N3O3S/c1-13-6-8-14(9-7-13)22-21-23-15(12-28-21)11-27-20(26)17-10-19(25)24-18-5-3-2-4-16(17)18/h2-10,12H,11H2,1H3,(H,22,23)(H,24,25). The van der Waals surface area contributed by atoms with E-state index >= 15 is 0 Å². The number of ether oxygens (including phenoxy) is 1. The number of nitrogens with zero attached hydrogens (tertiary/aromatic N) is 1. The van der Waals surface area contributed by atoms with Crippen LogP contribution in [0.25, 0.3) is 10.9 Å². The Bertz CT molecular complexity index is 1200. The van der Waals surface area contributed by atoms with E-state index in [9.17, 15) is 9.59 Å². The lowest BCUT2D eigenvalue weighted by Gasteiger charge is -2.06. The van der Waals surface area contributed by atoms with E-state index in [1.165, 1.54) is 23.0 Å². The number of aromatic nitrogens is 2. The topological polar surface area (TPSA) is 84.1 Å². The van der Waals surface area contributed by atoms with Gasteiger partial charge < -0.3 is 15.0 Å². The highest BCUT2D eigenvalue weighted by Gasteiger charge is 2.14. The number of pyridine rings is 1. The van der Waals surface area contributed by atoms with E-state index in [0.29, 0.717) is 16.6 Å². The van der Waals surface area contributed by atoms with Crippen molar-refractivity contribution in [3.05, 3.63) is 87.2 Å². The average Bonchev–Trinajstić information content (AvgIpc) is 3.14. The molecule has 28 heavy (non-hydrogen) atoms. The molecule has 0 aliphatic carbocycles. The maximum absolute atomic E-state index is 12.5. The molecule has 0 saturated heterocycles. The summed E-state index contributed by atoms with van der Waals surface area (Å²) in [5.41, 5.74) is 3.27. The fraction of sp³-hybridized carbons (Fsp3) is 0.0952. The number of carbonyl (C=O) groups is 1. The second-order valence-corrected chi connectivity index (χ2v) is 7.16. The third kappa shape index (κ3) is 3.94. The molecule has 2 N–H and O–H groups in total. The minimum Gasteiger partial charge on any atom is -0.456 e. The number of H-pyrrole nitrogens is 1. The number of thiazole rings is 1. The van der Waals surface area contributed by atoms with E-state index in [2.05, 4.69) is 15.3 Å². The first-order chi connectivity index (χ1) is 13.6. The van der Waals surface area contributed by atoms with Gasteiger partial charge in [0.2, 0.25) is 5.56 Å². The fourth-order valence-electron chi connectivity index (χ4n) is 2.78. The zero-order valence-electron chi connectivity index (χ0n) is 15.1. The second-order valence-electron chi connectivity index (χ2n) is 6.30. The molecule has 0 bridgehead atoms. The normalized spacial score (nSPS) is 10.8. The molecule has 0 aliphatic heterocycles. The highest BCUT2D eigenvalue weighted by Crippen LogP contribution is 2.22. The van der Waals surface area contributed by atoms with Gasteiger partial charge in [-0.25, -0.2) is 9.78 Å². The van der Waals surface area contributed by atoms with E-state index < -0.39 is 5.97 Å². The second kappa shape index (κ2) is 7.66. The molecule has 0 radical (unpaired) electrons. The SMILES string of the molecule is Cc1ccc(Nc2nc(COC(=O)c3cc(=O)[nH]c4ccccc34)cs2)cc1. The Labute approximate surface area is 164 Å². The van der Waals surface area contributed by atoms with Crippen molar-refractivity contribution in [2.45, 2.75) is 13.5 Å². The van der Waals surface area contributed by atoms with Crippen molar-refractivity contribution in [3.63, 3.8) is 0 Å². The number of aromatic amines is 1. The summed E-state index contributed by atoms with van der Waals surface area (Å²) in [7, 11) is 0. The van der Waals surface area contributed by atoms with Crippen LogP contribution in [0.4, 0.5) is 10.8 Å². The van der Waals surface area contributed by atoms with E-state index in [0.717, 1.165) is 10.8 Å². The van der Waals surface area contributed by atoms with Crippen LogP contribution < -0.4 is 10.9 Å². The molecule has 2 aromatic carbocycles. The monoisotopic (exact) mass is 391 g/mol. The van der Waals surface area contributed by atoms with Crippen molar-refractivity contribution in [1.82, 2.24) is 9.97 Å². The largest absolute Gasteiger partial charge is 0.456 e. The summed E-state index contributed by atoms with van der Waals surface area (Å²) in [4.78, 5) is 31.4. The van der Waals surface area contributed by atoms with Crippen molar-refractivity contribution >= 4 is 39.0 Å². The van der Waals surface area contributed by atoms with E-state index in [1.54, 1.807) is 24.3 Å². The molecule has 0 saturated carbocycles. The van der Waals surface area contributed by atoms with Crippen molar-refractivity contribution in [2.75, 3.05) is 5.32 Å². The molecule has 7 heteroatoms. The molecular weight excluding hydrogens is 374 g/mol. The third-order valence-corrected chi connectivity index (χ3v) is 4.98. The summed E-state index contributed by atoms with van der Waals surface area (Å²) in [6, 6.07) is 16.4. The van der Waals surface area contributed by atoms with E-state index in [-0.39, 0.29) is 17.7 Å². The van der Waals surface area contributed by atoms with Crippen LogP contribution in [0.1, 0.15) is 21.6 Å². The summed E-state index contributed by atoms with van der Waals surface area (Å²) in [5.74, 6) is -0.552. The molecule has 2 aromatic heterocycles. The number of fused-ring (bicyclic) bond motifs is 1. The van der Waals surface area contributed by atoms with Gasteiger partial charge in [0, 0.05) is 28.0 Å². The van der Waals surface area contributed by atoms with Crippen LogP contribution in [0.3, 0.4) is 0 Å². The molecule has 0 atom stereocenters. The van der Waals surface area contributed by atoms with Crippen molar-refractivity contribution in [3.8, 4) is 0 Å². The molecular formula is C21H17N3O3S. The van der Waals surface area contributed by atoms with Gasteiger partial charge in [0.25, 0.3) is 0 Å². The van der Waals surface area contributed by atoms with Gasteiger partial charge in [-0.05, 0) is 25.1 Å². The quantitative estimate of drug-likeness (QED) is 0.493. The number of anilines is 2. The molecule has 4 rings (SSSR count). The number of carbonyl (C=O) groups excluding carboxylic acids is 1. The molecule has 0 amide bonds. The maximum Gasteiger partial charge on any atom is 0.339 e. The first-order valence-corrected chi connectivity index (χ1v) is 9.54. The molecule has 0 unspecified atom stereocenters. The highest BCUT2D eigenvalue weighted by atomic mass is 32.1. The number of para-hydroxylation sites is 1. The smallest absolute Gasteiger partial charge is 0.339 e. The Hall–Kier alpha value is -3.45. The predicted octanol–water partition coefficient (Wildman–Crippen LogP) is 4.39. The number of hydrogen-bond acceptors (Lipinski definition) is 6. The highest BCUT2D eigenvalue weighted by molar-refractivity contribution is 7.13. The number of benzene rings is 2. The van der Waals surface area contributed by atoms with Crippen LogP contribution >= 0.6 is 11.3 Å². The number of nitrogens with one attached hydrogen (secondary N) is 2. The first-order valence-electron chi connectivity index (χ1n) is 8.66. The Morgan fingerprint density at radius 1 is 1.18 bits per heavy atom. The summed E-state index contributed by atoms with van der Waals surface area (Å²) >= 11 is 1.43. The lowest BCUT2D eigenvalue weighted by Crippen LogP contribution is -2.13. The predicted molar refractivity (Wildman–Crippen MR) is 110 cm³/mol. The van der Waals surface area contributed by atoms with Crippen LogP contribution in [0.2, 0.25) is 0 Å². The molecule has 6 nitrogen and oxygen atoms in total. The zero-order chi connectivity index (χ0) is 19.5. The zero-order valence-corrected chi connectivity index (χ0v) is 15.9. The van der Waals surface area contributed by atoms with Crippen LogP contribution in [0.5, 0.6) is 0 Å². The van der Waals surface area contributed by atoms with Gasteiger partial charge in [0.1, 0.15) is 6.61 Å². The van der Waals surface area contributed by atoms with Gasteiger partial charge in [0.05, 0.1) is 11.3 Å². The Morgan fingerprint density at radius 2 is 1.96 bits per heavy atom. The number of esters is 1.